The lowest BCUT2D eigenvalue weighted by atomic mass is 10.2. The summed E-state index contributed by atoms with van der Waals surface area (Å²) in [5.41, 5.74) is 5.65. The molecule has 1 aromatic heterocycles. The van der Waals surface area contributed by atoms with Crippen LogP contribution in [0.4, 0.5) is 5.82 Å². The summed E-state index contributed by atoms with van der Waals surface area (Å²) in [6.07, 6.45) is 5.78. The van der Waals surface area contributed by atoms with Gasteiger partial charge >= 0.3 is 0 Å². The first kappa shape index (κ1) is 18.1. The fourth-order valence-corrected chi connectivity index (χ4v) is 2.44. The Morgan fingerprint density at radius 3 is 2.50 bits per heavy atom. The Morgan fingerprint density at radius 1 is 1.08 bits per heavy atom. The number of nitrogens with two attached hydrogens (primary N) is 1. The van der Waals surface area contributed by atoms with E-state index in [2.05, 4.69) is 4.98 Å². The molecule has 0 aliphatic heterocycles. The molecule has 0 saturated carbocycles. The van der Waals surface area contributed by atoms with Crippen LogP contribution in [0.5, 0.6) is 5.75 Å². The van der Waals surface area contributed by atoms with Crippen LogP contribution in [0.2, 0.25) is 5.02 Å². The number of hydrogen-bond acceptors (Lipinski definition) is 3. The zero-order chi connectivity index (χ0) is 17.2. The second kappa shape index (κ2) is 9.78. The number of guanidine groups is 1. The van der Waals surface area contributed by atoms with E-state index in [-0.39, 0.29) is 5.96 Å². The number of anilines is 1. The quantitative estimate of drug-likeness (QED) is 0.407. The molecule has 24 heavy (non-hydrogen) atoms. The molecule has 0 atom stereocenters. The van der Waals surface area contributed by atoms with Crippen LogP contribution in [0.15, 0.2) is 48.7 Å². The van der Waals surface area contributed by atoms with E-state index < -0.39 is 0 Å². The van der Waals surface area contributed by atoms with E-state index in [1.165, 1.54) is 0 Å². The highest BCUT2D eigenvalue weighted by Crippen LogP contribution is 2.16. The highest BCUT2D eigenvalue weighted by molar-refractivity contribution is 6.30. The van der Waals surface area contributed by atoms with Gasteiger partial charge in [-0.05, 0) is 49.2 Å². The molecule has 2 rings (SSSR count). The third-order valence-corrected chi connectivity index (χ3v) is 3.83. The van der Waals surface area contributed by atoms with Crippen molar-refractivity contribution in [1.82, 2.24) is 4.98 Å². The molecular weight excluding hydrogens is 324 g/mol. The minimum Gasteiger partial charge on any atom is -0.494 e. The lowest BCUT2D eigenvalue weighted by molar-refractivity contribution is 0.305. The summed E-state index contributed by atoms with van der Waals surface area (Å²) in [6.45, 7) is 1.39. The number of benzene rings is 1. The number of hydrogen-bond donors (Lipinski definition) is 2. The van der Waals surface area contributed by atoms with E-state index >= 15 is 0 Å². The van der Waals surface area contributed by atoms with Gasteiger partial charge in [0.25, 0.3) is 0 Å². The van der Waals surface area contributed by atoms with Gasteiger partial charge in [0, 0.05) is 17.8 Å². The molecule has 0 amide bonds. The van der Waals surface area contributed by atoms with Crippen LogP contribution in [0.1, 0.15) is 25.7 Å². The maximum atomic E-state index is 7.68. The molecule has 6 heteroatoms. The van der Waals surface area contributed by atoms with Crippen molar-refractivity contribution < 1.29 is 4.74 Å². The second-order valence-electron chi connectivity index (χ2n) is 5.44. The molecule has 1 aromatic carbocycles. The number of nitrogens with one attached hydrogen (secondary N) is 1. The van der Waals surface area contributed by atoms with Gasteiger partial charge < -0.3 is 10.5 Å². The maximum absolute atomic E-state index is 7.68. The van der Waals surface area contributed by atoms with E-state index in [0.717, 1.165) is 37.3 Å². The van der Waals surface area contributed by atoms with Crippen LogP contribution in [-0.4, -0.2) is 24.1 Å². The molecule has 0 radical (unpaired) electrons. The van der Waals surface area contributed by atoms with Gasteiger partial charge in [-0.1, -0.05) is 30.5 Å². The van der Waals surface area contributed by atoms with Gasteiger partial charge in [0.05, 0.1) is 6.61 Å². The van der Waals surface area contributed by atoms with Gasteiger partial charge in [0.15, 0.2) is 5.96 Å². The summed E-state index contributed by atoms with van der Waals surface area (Å²) in [5.74, 6) is 1.59. The van der Waals surface area contributed by atoms with Crippen molar-refractivity contribution in [2.75, 3.05) is 18.1 Å². The molecule has 1 heterocycles. The molecule has 5 nitrogen and oxygen atoms in total. The van der Waals surface area contributed by atoms with Crippen molar-refractivity contribution >= 4 is 23.4 Å². The van der Waals surface area contributed by atoms with Crippen LogP contribution >= 0.6 is 11.6 Å². The Labute approximate surface area is 147 Å². The van der Waals surface area contributed by atoms with Gasteiger partial charge in [-0.2, -0.15) is 0 Å². The van der Waals surface area contributed by atoms with Crippen molar-refractivity contribution in [2.45, 2.75) is 25.7 Å². The average Bonchev–Trinajstić information content (AvgIpc) is 2.59. The summed E-state index contributed by atoms with van der Waals surface area (Å²) in [5, 5.41) is 8.39. The summed E-state index contributed by atoms with van der Waals surface area (Å²) in [6, 6.07) is 13.0. The molecule has 0 fully saturated rings. The summed E-state index contributed by atoms with van der Waals surface area (Å²) in [4.78, 5) is 5.97. The molecule has 0 spiro atoms. The highest BCUT2D eigenvalue weighted by Gasteiger charge is 2.09. The van der Waals surface area contributed by atoms with Crippen LogP contribution < -0.4 is 15.4 Å². The Balaban J connectivity index is 1.61. The molecule has 0 unspecified atom stereocenters. The summed E-state index contributed by atoms with van der Waals surface area (Å²) >= 11 is 5.83. The second-order valence-corrected chi connectivity index (χ2v) is 5.88. The topological polar surface area (TPSA) is 75.2 Å². The fraction of sp³-hybridized carbons (Fsp3) is 0.333. The SMILES string of the molecule is N=C(N)N(CCCCCCOc1ccc(Cl)cc1)c1ccccn1. The van der Waals surface area contributed by atoms with Gasteiger partial charge in [-0.25, -0.2) is 4.98 Å². The predicted octanol–water partition coefficient (Wildman–Crippen LogP) is 4.07. The van der Waals surface area contributed by atoms with Crippen molar-refractivity contribution in [3.63, 3.8) is 0 Å². The Morgan fingerprint density at radius 2 is 1.83 bits per heavy atom. The fourth-order valence-electron chi connectivity index (χ4n) is 2.32. The normalized spacial score (nSPS) is 10.4. The standard InChI is InChI=1S/C18H23ClN4O/c19-15-8-10-16(11-9-15)24-14-6-2-1-5-13-23(18(20)21)17-7-3-4-12-22-17/h3-4,7-12H,1-2,5-6,13-14H2,(H3,20,21). The summed E-state index contributed by atoms with van der Waals surface area (Å²) < 4.78 is 5.66. The maximum Gasteiger partial charge on any atom is 0.194 e. The van der Waals surface area contributed by atoms with Crippen molar-refractivity contribution in [3.8, 4) is 5.75 Å². The molecule has 3 N–H and O–H groups in total. The molecule has 0 saturated heterocycles. The Bertz CT molecular complexity index is 619. The molecular formula is C18H23ClN4O. The largest absolute Gasteiger partial charge is 0.494 e. The van der Waals surface area contributed by atoms with E-state index in [1.54, 1.807) is 11.1 Å². The van der Waals surface area contributed by atoms with Gasteiger partial charge in [-0.15, -0.1) is 0 Å². The number of rotatable bonds is 9. The molecule has 0 bridgehead atoms. The smallest absolute Gasteiger partial charge is 0.194 e. The number of unbranched alkanes of at least 4 members (excludes halogenated alkanes) is 3. The molecule has 0 aliphatic rings. The molecule has 2 aromatic rings. The zero-order valence-corrected chi connectivity index (χ0v) is 14.4. The van der Waals surface area contributed by atoms with Crippen molar-refractivity contribution in [1.29, 1.82) is 5.41 Å². The third-order valence-electron chi connectivity index (χ3n) is 3.58. The first-order valence-electron chi connectivity index (χ1n) is 8.08. The van der Waals surface area contributed by atoms with Gasteiger partial charge in [0.2, 0.25) is 0 Å². The molecule has 0 aliphatic carbocycles. The average molecular weight is 347 g/mol. The van der Waals surface area contributed by atoms with Gasteiger partial charge in [0.1, 0.15) is 11.6 Å². The number of ether oxygens (including phenoxy) is 1. The first-order chi connectivity index (χ1) is 11.7. The zero-order valence-electron chi connectivity index (χ0n) is 13.6. The van der Waals surface area contributed by atoms with Crippen LogP contribution in [-0.2, 0) is 0 Å². The number of aromatic nitrogens is 1. The van der Waals surface area contributed by atoms with E-state index in [0.29, 0.717) is 18.2 Å². The van der Waals surface area contributed by atoms with E-state index in [1.807, 2.05) is 42.5 Å². The van der Waals surface area contributed by atoms with E-state index in [4.69, 9.17) is 27.5 Å². The lowest BCUT2D eigenvalue weighted by Crippen LogP contribution is -2.37. The monoisotopic (exact) mass is 346 g/mol. The molecule has 128 valence electrons. The van der Waals surface area contributed by atoms with Crippen molar-refractivity contribution in [3.05, 3.63) is 53.7 Å². The Kier molecular flexibility index (Phi) is 7.36. The van der Waals surface area contributed by atoms with Gasteiger partial charge in [-0.3, -0.25) is 10.3 Å². The predicted molar refractivity (Wildman–Crippen MR) is 98.9 cm³/mol. The number of pyridine rings is 1. The highest BCUT2D eigenvalue weighted by atomic mass is 35.5. The first-order valence-corrected chi connectivity index (χ1v) is 8.45. The minimum atomic E-state index is 0.0276. The van der Waals surface area contributed by atoms with Crippen LogP contribution in [0.3, 0.4) is 0 Å². The Hall–Kier alpha value is -2.27. The van der Waals surface area contributed by atoms with Crippen LogP contribution in [0.25, 0.3) is 0 Å². The third kappa shape index (κ3) is 6.08. The minimum absolute atomic E-state index is 0.0276. The lowest BCUT2D eigenvalue weighted by Gasteiger charge is -2.21. The summed E-state index contributed by atoms with van der Waals surface area (Å²) in [7, 11) is 0. The van der Waals surface area contributed by atoms with E-state index in [9.17, 15) is 0 Å². The number of halogens is 1. The van der Waals surface area contributed by atoms with Crippen molar-refractivity contribution in [2.24, 2.45) is 5.73 Å². The number of nitrogens with zero attached hydrogens (tertiary/aromatic N) is 2. The van der Waals surface area contributed by atoms with Crippen LogP contribution in [0, 0.1) is 5.41 Å².